The summed E-state index contributed by atoms with van der Waals surface area (Å²) >= 11 is 0. The van der Waals surface area contributed by atoms with Crippen LogP contribution in [0.4, 0.5) is 18.9 Å². The fourth-order valence-corrected chi connectivity index (χ4v) is 2.14. The molecule has 0 unspecified atom stereocenters. The van der Waals surface area contributed by atoms with Gasteiger partial charge in [0.05, 0.1) is 5.56 Å². The Kier molecular flexibility index (Phi) is 4.02. The van der Waals surface area contributed by atoms with Crippen LogP contribution in [0, 0.1) is 13.8 Å². The number of hydrogen-bond donors (Lipinski definition) is 1. The van der Waals surface area contributed by atoms with E-state index in [1.54, 1.807) is 6.07 Å². The van der Waals surface area contributed by atoms with E-state index in [0.717, 1.165) is 22.9 Å². The molecule has 0 aliphatic heterocycles. The summed E-state index contributed by atoms with van der Waals surface area (Å²) in [7, 11) is 0. The van der Waals surface area contributed by atoms with Gasteiger partial charge in [0.25, 0.3) is 0 Å². The lowest BCUT2D eigenvalue weighted by atomic mass is 10.1. The average molecular weight is 279 g/mol. The quantitative estimate of drug-likeness (QED) is 0.839. The third-order valence-corrected chi connectivity index (χ3v) is 2.97. The minimum atomic E-state index is -4.30. The van der Waals surface area contributed by atoms with Gasteiger partial charge < -0.3 is 5.32 Å². The van der Waals surface area contributed by atoms with Crippen molar-refractivity contribution >= 4 is 5.69 Å². The van der Waals surface area contributed by atoms with E-state index in [-0.39, 0.29) is 0 Å². The van der Waals surface area contributed by atoms with Crippen molar-refractivity contribution in [2.75, 3.05) is 5.32 Å². The second-order valence-electron chi connectivity index (χ2n) is 4.93. The van der Waals surface area contributed by atoms with Crippen molar-refractivity contribution in [1.82, 2.24) is 0 Å². The van der Waals surface area contributed by atoms with Crippen molar-refractivity contribution in [3.8, 4) is 0 Å². The topological polar surface area (TPSA) is 12.0 Å². The summed E-state index contributed by atoms with van der Waals surface area (Å²) in [5.74, 6) is 0. The summed E-state index contributed by atoms with van der Waals surface area (Å²) in [5.41, 5.74) is 3.16. The van der Waals surface area contributed by atoms with Crippen LogP contribution in [0.1, 0.15) is 22.3 Å². The molecular formula is C16H16F3N. The van der Waals surface area contributed by atoms with Crippen molar-refractivity contribution in [1.29, 1.82) is 0 Å². The molecule has 0 amide bonds. The highest BCUT2D eigenvalue weighted by atomic mass is 19.4. The average Bonchev–Trinajstić information content (AvgIpc) is 2.35. The normalized spacial score (nSPS) is 11.4. The van der Waals surface area contributed by atoms with Crippen LogP contribution in [0.25, 0.3) is 0 Å². The standard InChI is InChI=1S/C16H16F3N/c1-11-6-12(2)8-15(7-11)20-10-13-4-3-5-14(9-13)16(17,18)19/h3-9,20H,10H2,1-2H3. The van der Waals surface area contributed by atoms with E-state index < -0.39 is 11.7 Å². The lowest BCUT2D eigenvalue weighted by molar-refractivity contribution is -0.137. The molecule has 1 N–H and O–H groups in total. The highest BCUT2D eigenvalue weighted by Gasteiger charge is 2.30. The Morgan fingerprint density at radius 1 is 0.950 bits per heavy atom. The molecule has 2 rings (SSSR count). The van der Waals surface area contributed by atoms with Crippen LogP contribution in [0.5, 0.6) is 0 Å². The lowest BCUT2D eigenvalue weighted by Gasteiger charge is -2.11. The van der Waals surface area contributed by atoms with Gasteiger partial charge in [-0.05, 0) is 54.8 Å². The van der Waals surface area contributed by atoms with Crippen molar-refractivity contribution in [3.05, 3.63) is 64.7 Å². The minimum Gasteiger partial charge on any atom is -0.381 e. The number of anilines is 1. The summed E-state index contributed by atoms with van der Waals surface area (Å²) < 4.78 is 37.8. The van der Waals surface area contributed by atoms with E-state index >= 15 is 0 Å². The SMILES string of the molecule is Cc1cc(C)cc(NCc2cccc(C(F)(F)F)c2)c1. The molecule has 0 atom stereocenters. The number of alkyl halides is 3. The fraction of sp³-hybridized carbons (Fsp3) is 0.250. The van der Waals surface area contributed by atoms with Gasteiger partial charge in [-0.1, -0.05) is 18.2 Å². The first kappa shape index (κ1) is 14.4. The minimum absolute atomic E-state index is 0.368. The molecule has 2 aromatic carbocycles. The lowest BCUT2D eigenvalue weighted by Crippen LogP contribution is -2.07. The number of aryl methyl sites for hydroxylation is 2. The number of benzene rings is 2. The highest BCUT2D eigenvalue weighted by molar-refractivity contribution is 5.48. The van der Waals surface area contributed by atoms with Crippen molar-refractivity contribution < 1.29 is 13.2 Å². The van der Waals surface area contributed by atoms with Crippen LogP contribution in [0.3, 0.4) is 0 Å². The van der Waals surface area contributed by atoms with Gasteiger partial charge >= 0.3 is 6.18 Å². The molecule has 0 heterocycles. The maximum atomic E-state index is 12.6. The molecule has 0 saturated heterocycles. The fourth-order valence-electron chi connectivity index (χ4n) is 2.14. The summed E-state index contributed by atoms with van der Waals surface area (Å²) in [5, 5.41) is 3.15. The second-order valence-corrected chi connectivity index (χ2v) is 4.93. The first-order valence-corrected chi connectivity index (χ1v) is 6.33. The summed E-state index contributed by atoms with van der Waals surface area (Å²) in [6.07, 6.45) is -4.30. The molecule has 2 aromatic rings. The van der Waals surface area contributed by atoms with Crippen LogP contribution < -0.4 is 5.32 Å². The first-order valence-electron chi connectivity index (χ1n) is 6.33. The molecule has 4 heteroatoms. The molecule has 0 aromatic heterocycles. The highest BCUT2D eigenvalue weighted by Crippen LogP contribution is 2.29. The smallest absolute Gasteiger partial charge is 0.381 e. The summed E-state index contributed by atoms with van der Waals surface area (Å²) in [4.78, 5) is 0. The van der Waals surface area contributed by atoms with E-state index in [0.29, 0.717) is 12.1 Å². The van der Waals surface area contributed by atoms with Gasteiger partial charge in [-0.15, -0.1) is 0 Å². The first-order chi connectivity index (χ1) is 9.34. The van der Waals surface area contributed by atoms with Crippen LogP contribution >= 0.6 is 0 Å². The molecule has 0 saturated carbocycles. The number of hydrogen-bond acceptors (Lipinski definition) is 1. The van der Waals surface area contributed by atoms with Crippen LogP contribution in [0.15, 0.2) is 42.5 Å². The van der Waals surface area contributed by atoms with Gasteiger partial charge in [-0.25, -0.2) is 0 Å². The maximum absolute atomic E-state index is 12.6. The number of halogens is 3. The Morgan fingerprint density at radius 2 is 1.60 bits per heavy atom. The third-order valence-electron chi connectivity index (χ3n) is 2.97. The Labute approximate surface area is 116 Å². The number of nitrogens with one attached hydrogen (secondary N) is 1. The van der Waals surface area contributed by atoms with E-state index in [1.807, 2.05) is 26.0 Å². The molecule has 0 aliphatic rings. The molecule has 106 valence electrons. The van der Waals surface area contributed by atoms with Crippen molar-refractivity contribution in [2.24, 2.45) is 0 Å². The molecule has 0 spiro atoms. The van der Waals surface area contributed by atoms with Crippen molar-refractivity contribution in [2.45, 2.75) is 26.6 Å². The van der Waals surface area contributed by atoms with Gasteiger partial charge in [0, 0.05) is 12.2 Å². The van der Waals surface area contributed by atoms with Crippen LogP contribution in [-0.4, -0.2) is 0 Å². The van der Waals surface area contributed by atoms with Gasteiger partial charge in [0.1, 0.15) is 0 Å². The van der Waals surface area contributed by atoms with Gasteiger partial charge in [-0.2, -0.15) is 13.2 Å². The Hall–Kier alpha value is -1.97. The Bertz CT molecular complexity index is 583. The predicted octanol–water partition coefficient (Wildman–Crippen LogP) is 4.93. The zero-order valence-corrected chi connectivity index (χ0v) is 11.4. The molecule has 0 fully saturated rings. The summed E-state index contributed by atoms with van der Waals surface area (Å²) in [6, 6.07) is 11.4. The molecule has 1 nitrogen and oxygen atoms in total. The van der Waals surface area contributed by atoms with E-state index in [2.05, 4.69) is 11.4 Å². The molecular weight excluding hydrogens is 263 g/mol. The van der Waals surface area contributed by atoms with E-state index in [9.17, 15) is 13.2 Å². The van der Waals surface area contributed by atoms with Gasteiger partial charge in [0.15, 0.2) is 0 Å². The largest absolute Gasteiger partial charge is 0.416 e. The Balaban J connectivity index is 2.11. The number of rotatable bonds is 3. The van der Waals surface area contributed by atoms with E-state index in [4.69, 9.17) is 0 Å². The Morgan fingerprint density at radius 3 is 2.20 bits per heavy atom. The summed E-state index contributed by atoms with van der Waals surface area (Å²) in [6.45, 7) is 4.34. The van der Waals surface area contributed by atoms with Crippen LogP contribution in [0.2, 0.25) is 0 Å². The molecule has 0 bridgehead atoms. The van der Waals surface area contributed by atoms with Gasteiger partial charge in [-0.3, -0.25) is 0 Å². The van der Waals surface area contributed by atoms with Crippen molar-refractivity contribution in [3.63, 3.8) is 0 Å². The predicted molar refractivity (Wildman–Crippen MR) is 74.7 cm³/mol. The third kappa shape index (κ3) is 3.76. The second kappa shape index (κ2) is 5.57. The maximum Gasteiger partial charge on any atom is 0.416 e. The van der Waals surface area contributed by atoms with E-state index in [1.165, 1.54) is 12.1 Å². The zero-order valence-electron chi connectivity index (χ0n) is 11.4. The molecule has 20 heavy (non-hydrogen) atoms. The zero-order chi connectivity index (χ0) is 14.8. The molecule has 0 radical (unpaired) electrons. The van der Waals surface area contributed by atoms with Crippen LogP contribution in [-0.2, 0) is 12.7 Å². The monoisotopic (exact) mass is 279 g/mol. The molecule has 0 aliphatic carbocycles. The van der Waals surface area contributed by atoms with Gasteiger partial charge in [0.2, 0.25) is 0 Å².